The maximum absolute atomic E-state index is 11.6. The molecule has 0 aliphatic carbocycles. The predicted octanol–water partition coefficient (Wildman–Crippen LogP) is 1.08. The molecule has 0 radical (unpaired) electrons. The van der Waals surface area contributed by atoms with Crippen LogP contribution in [0.1, 0.15) is 16.9 Å². The summed E-state index contributed by atoms with van der Waals surface area (Å²) in [6, 6.07) is 3.10. The van der Waals surface area contributed by atoms with E-state index in [9.17, 15) is 4.79 Å². The largest absolute Gasteiger partial charge is 0.385 e. The number of amides is 1. The fourth-order valence-corrected chi connectivity index (χ4v) is 1.31. The van der Waals surface area contributed by atoms with Gasteiger partial charge in [-0.15, -0.1) is 0 Å². The molecule has 0 aromatic carbocycles. The van der Waals surface area contributed by atoms with Crippen LogP contribution in [0.15, 0.2) is 12.1 Å². The van der Waals surface area contributed by atoms with Crippen LogP contribution in [0.2, 0.25) is 5.02 Å². The molecule has 0 atom stereocenters. The Hall–Kier alpha value is -1.33. The fourth-order valence-electron chi connectivity index (χ4n) is 1.12. The van der Waals surface area contributed by atoms with E-state index in [1.54, 1.807) is 19.2 Å². The maximum atomic E-state index is 11.6. The van der Waals surface area contributed by atoms with Gasteiger partial charge < -0.3 is 15.8 Å². The minimum Gasteiger partial charge on any atom is -0.385 e. The zero-order chi connectivity index (χ0) is 12.0. The molecule has 0 unspecified atom stereocenters. The van der Waals surface area contributed by atoms with Gasteiger partial charge in [0.25, 0.3) is 5.91 Å². The van der Waals surface area contributed by atoms with Crippen molar-refractivity contribution in [2.24, 2.45) is 0 Å². The molecule has 1 amide bonds. The Morgan fingerprint density at radius 1 is 1.62 bits per heavy atom. The number of nitrogens with zero attached hydrogens (tertiary/aromatic N) is 1. The zero-order valence-corrected chi connectivity index (χ0v) is 9.75. The first-order valence-corrected chi connectivity index (χ1v) is 5.22. The van der Waals surface area contributed by atoms with Gasteiger partial charge in [-0.05, 0) is 18.6 Å². The van der Waals surface area contributed by atoms with Crippen molar-refractivity contribution in [3.63, 3.8) is 0 Å². The van der Waals surface area contributed by atoms with Crippen molar-refractivity contribution in [2.75, 3.05) is 26.0 Å². The number of ether oxygens (including phenoxy) is 1. The molecule has 88 valence electrons. The number of carbonyl (C=O) groups is 1. The number of hydrogen-bond donors (Lipinski definition) is 2. The molecule has 0 aliphatic heterocycles. The topological polar surface area (TPSA) is 77.2 Å². The second kappa shape index (κ2) is 6.30. The van der Waals surface area contributed by atoms with Crippen molar-refractivity contribution in [3.05, 3.63) is 22.8 Å². The number of anilines is 1. The van der Waals surface area contributed by atoms with Crippen LogP contribution in [0.5, 0.6) is 0 Å². The van der Waals surface area contributed by atoms with Crippen molar-refractivity contribution in [1.82, 2.24) is 10.3 Å². The molecule has 1 aromatic heterocycles. The summed E-state index contributed by atoms with van der Waals surface area (Å²) >= 11 is 5.83. The van der Waals surface area contributed by atoms with Crippen LogP contribution in [0.25, 0.3) is 0 Å². The Kier molecular flexibility index (Phi) is 5.01. The van der Waals surface area contributed by atoms with Gasteiger partial charge >= 0.3 is 0 Å². The summed E-state index contributed by atoms with van der Waals surface area (Å²) in [6.07, 6.45) is 0.738. The van der Waals surface area contributed by atoms with Crippen molar-refractivity contribution in [1.29, 1.82) is 0 Å². The first-order chi connectivity index (χ1) is 7.65. The van der Waals surface area contributed by atoms with Gasteiger partial charge in [0.2, 0.25) is 0 Å². The molecule has 0 saturated heterocycles. The van der Waals surface area contributed by atoms with Crippen LogP contribution < -0.4 is 11.1 Å². The van der Waals surface area contributed by atoms with Gasteiger partial charge in [0.1, 0.15) is 11.5 Å². The van der Waals surface area contributed by atoms with Crippen LogP contribution in [-0.4, -0.2) is 31.2 Å². The van der Waals surface area contributed by atoms with E-state index in [1.165, 1.54) is 0 Å². The normalized spacial score (nSPS) is 10.1. The third kappa shape index (κ3) is 3.67. The van der Waals surface area contributed by atoms with E-state index in [1.807, 2.05) is 0 Å². The van der Waals surface area contributed by atoms with Gasteiger partial charge in [-0.25, -0.2) is 4.98 Å². The number of nitrogens with two attached hydrogens (primary N) is 1. The van der Waals surface area contributed by atoms with E-state index in [0.717, 1.165) is 6.42 Å². The zero-order valence-electron chi connectivity index (χ0n) is 9.00. The van der Waals surface area contributed by atoms with E-state index >= 15 is 0 Å². The molecule has 0 saturated carbocycles. The molecule has 0 fully saturated rings. The predicted molar refractivity (Wildman–Crippen MR) is 62.5 cm³/mol. The summed E-state index contributed by atoms with van der Waals surface area (Å²) in [5, 5.41) is 2.97. The van der Waals surface area contributed by atoms with Crippen molar-refractivity contribution in [2.45, 2.75) is 6.42 Å². The van der Waals surface area contributed by atoms with Crippen molar-refractivity contribution >= 4 is 23.3 Å². The summed E-state index contributed by atoms with van der Waals surface area (Å²) in [4.78, 5) is 15.5. The minimum atomic E-state index is -0.326. The number of carbonyl (C=O) groups excluding carboxylic acids is 1. The average Bonchev–Trinajstić information content (AvgIpc) is 2.27. The maximum Gasteiger partial charge on any atom is 0.271 e. The SMILES string of the molecule is COCCCNC(=O)c1nc(N)ccc1Cl. The lowest BCUT2D eigenvalue weighted by atomic mass is 10.3. The summed E-state index contributed by atoms with van der Waals surface area (Å²) in [6.45, 7) is 1.11. The van der Waals surface area contributed by atoms with Gasteiger partial charge in [-0.2, -0.15) is 0 Å². The van der Waals surface area contributed by atoms with Crippen molar-refractivity contribution < 1.29 is 9.53 Å². The molecule has 6 heteroatoms. The smallest absolute Gasteiger partial charge is 0.271 e. The molecule has 5 nitrogen and oxygen atoms in total. The summed E-state index contributed by atoms with van der Waals surface area (Å²) < 4.78 is 4.86. The third-order valence-electron chi connectivity index (χ3n) is 1.89. The first-order valence-electron chi connectivity index (χ1n) is 4.84. The highest BCUT2D eigenvalue weighted by atomic mass is 35.5. The Morgan fingerprint density at radius 2 is 2.38 bits per heavy atom. The molecule has 0 bridgehead atoms. The van der Waals surface area contributed by atoms with Gasteiger partial charge in [-0.1, -0.05) is 11.6 Å². The average molecular weight is 244 g/mol. The van der Waals surface area contributed by atoms with E-state index in [-0.39, 0.29) is 17.4 Å². The minimum absolute atomic E-state index is 0.152. The number of rotatable bonds is 5. The molecular formula is C10H14ClN3O2. The number of nitrogens with one attached hydrogen (secondary N) is 1. The number of halogens is 1. The molecule has 1 heterocycles. The second-order valence-corrected chi connectivity index (χ2v) is 3.58. The lowest BCUT2D eigenvalue weighted by Gasteiger charge is -2.06. The van der Waals surface area contributed by atoms with Crippen LogP contribution in [0.4, 0.5) is 5.82 Å². The third-order valence-corrected chi connectivity index (χ3v) is 2.20. The molecule has 1 aromatic rings. The van der Waals surface area contributed by atoms with Gasteiger partial charge in [0.15, 0.2) is 0 Å². The number of aromatic nitrogens is 1. The highest BCUT2D eigenvalue weighted by molar-refractivity contribution is 6.33. The highest BCUT2D eigenvalue weighted by Crippen LogP contribution is 2.14. The number of methoxy groups -OCH3 is 1. The second-order valence-electron chi connectivity index (χ2n) is 3.17. The lowest BCUT2D eigenvalue weighted by molar-refractivity contribution is 0.0944. The monoisotopic (exact) mass is 243 g/mol. The molecule has 1 rings (SSSR count). The summed E-state index contributed by atoms with van der Waals surface area (Å²) in [5.74, 6) is -0.0557. The van der Waals surface area contributed by atoms with Gasteiger partial charge in [0, 0.05) is 20.3 Å². The van der Waals surface area contributed by atoms with Crippen LogP contribution in [0, 0.1) is 0 Å². The summed E-state index contributed by atoms with van der Waals surface area (Å²) in [7, 11) is 1.61. The van der Waals surface area contributed by atoms with Gasteiger partial charge in [-0.3, -0.25) is 4.79 Å². The Morgan fingerprint density at radius 3 is 3.06 bits per heavy atom. The number of pyridine rings is 1. The quantitative estimate of drug-likeness (QED) is 0.759. The molecule has 0 aliphatic rings. The van der Waals surface area contributed by atoms with Crippen LogP contribution >= 0.6 is 11.6 Å². The molecular weight excluding hydrogens is 230 g/mol. The Bertz CT molecular complexity index is 371. The van der Waals surface area contributed by atoms with E-state index in [2.05, 4.69) is 10.3 Å². The number of nitrogen functional groups attached to an aromatic ring is 1. The van der Waals surface area contributed by atoms with Crippen LogP contribution in [-0.2, 0) is 4.74 Å². The van der Waals surface area contributed by atoms with E-state index in [0.29, 0.717) is 18.2 Å². The molecule has 16 heavy (non-hydrogen) atoms. The summed E-state index contributed by atoms with van der Waals surface area (Å²) in [5.41, 5.74) is 5.62. The van der Waals surface area contributed by atoms with E-state index < -0.39 is 0 Å². The fraction of sp³-hybridized carbons (Fsp3) is 0.400. The van der Waals surface area contributed by atoms with Crippen molar-refractivity contribution in [3.8, 4) is 0 Å². The molecule has 3 N–H and O–H groups in total. The number of hydrogen-bond acceptors (Lipinski definition) is 4. The standard InChI is InChI=1S/C10H14ClN3O2/c1-16-6-2-5-13-10(15)9-7(11)3-4-8(12)14-9/h3-4H,2,5-6H2,1H3,(H2,12,14)(H,13,15). The Balaban J connectivity index is 2.55. The highest BCUT2D eigenvalue weighted by Gasteiger charge is 2.11. The Labute approximate surface area is 98.9 Å². The van der Waals surface area contributed by atoms with Gasteiger partial charge in [0.05, 0.1) is 5.02 Å². The first kappa shape index (κ1) is 12.7. The van der Waals surface area contributed by atoms with E-state index in [4.69, 9.17) is 22.1 Å². The molecule has 0 spiro atoms. The van der Waals surface area contributed by atoms with Crippen LogP contribution in [0.3, 0.4) is 0 Å². The lowest BCUT2D eigenvalue weighted by Crippen LogP contribution is -2.26.